The molecule has 1 aromatic rings. The van der Waals surface area contributed by atoms with Crippen molar-refractivity contribution in [3.05, 3.63) is 24.2 Å². The molecule has 1 aromatic heterocycles. The van der Waals surface area contributed by atoms with Crippen molar-refractivity contribution < 1.29 is 28.6 Å². The minimum Gasteiger partial charge on any atom is -0.480 e. The predicted octanol–water partition coefficient (Wildman–Crippen LogP) is 2.16. The Kier molecular flexibility index (Phi) is 7.29. The molecule has 24 heavy (non-hydrogen) atoms. The molecule has 0 radical (unpaired) electrons. The predicted molar refractivity (Wildman–Crippen MR) is 85.7 cm³/mol. The number of carbonyl (C=O) groups excluding carboxylic acids is 2. The molecule has 2 amide bonds. The fraction of sp³-hybridized carbons (Fsp3) is 0.562. The van der Waals surface area contributed by atoms with Crippen molar-refractivity contribution in [2.75, 3.05) is 6.54 Å². The van der Waals surface area contributed by atoms with Crippen LogP contribution >= 0.6 is 0 Å². The van der Waals surface area contributed by atoms with Gasteiger partial charge in [-0.05, 0) is 52.2 Å². The van der Waals surface area contributed by atoms with Crippen LogP contribution in [0.15, 0.2) is 22.8 Å². The van der Waals surface area contributed by atoms with E-state index in [0.717, 1.165) is 0 Å². The normalized spacial score (nSPS) is 12.3. The van der Waals surface area contributed by atoms with Crippen LogP contribution < -0.4 is 10.6 Å². The van der Waals surface area contributed by atoms with Gasteiger partial charge in [-0.25, -0.2) is 9.59 Å². The van der Waals surface area contributed by atoms with Crippen molar-refractivity contribution >= 4 is 18.0 Å². The molecule has 8 heteroatoms. The molecule has 134 valence electrons. The van der Waals surface area contributed by atoms with Crippen LogP contribution in [0.25, 0.3) is 0 Å². The first-order valence-electron chi connectivity index (χ1n) is 7.73. The number of amides is 2. The van der Waals surface area contributed by atoms with Gasteiger partial charge in [-0.1, -0.05) is 0 Å². The third-order valence-corrected chi connectivity index (χ3v) is 2.94. The van der Waals surface area contributed by atoms with Crippen LogP contribution in [-0.2, 0) is 9.53 Å². The van der Waals surface area contributed by atoms with Gasteiger partial charge in [-0.3, -0.25) is 4.79 Å². The smallest absolute Gasteiger partial charge is 0.408 e. The Morgan fingerprint density at radius 1 is 1.29 bits per heavy atom. The molecule has 1 heterocycles. The molecule has 1 atom stereocenters. The van der Waals surface area contributed by atoms with Crippen molar-refractivity contribution in [1.29, 1.82) is 0 Å². The maximum Gasteiger partial charge on any atom is 0.408 e. The van der Waals surface area contributed by atoms with Gasteiger partial charge in [-0.15, -0.1) is 0 Å². The molecular weight excluding hydrogens is 316 g/mol. The summed E-state index contributed by atoms with van der Waals surface area (Å²) in [5, 5.41) is 14.1. The Morgan fingerprint density at radius 3 is 2.54 bits per heavy atom. The third kappa shape index (κ3) is 7.66. The number of hydrogen-bond acceptors (Lipinski definition) is 5. The molecule has 0 aliphatic rings. The Labute approximate surface area is 140 Å². The van der Waals surface area contributed by atoms with Crippen LogP contribution in [0.5, 0.6) is 0 Å². The highest BCUT2D eigenvalue weighted by Crippen LogP contribution is 2.08. The van der Waals surface area contributed by atoms with E-state index in [4.69, 9.17) is 14.3 Å². The molecule has 0 spiro atoms. The number of carboxylic acid groups (broad SMARTS) is 1. The van der Waals surface area contributed by atoms with Crippen molar-refractivity contribution in [2.45, 2.75) is 51.7 Å². The third-order valence-electron chi connectivity index (χ3n) is 2.94. The SMILES string of the molecule is CC(C)(C)OC(=O)N[C@@H](CCCCNC(=O)c1ccco1)C(=O)O. The standard InChI is InChI=1S/C16H24N2O6/c1-16(2,3)24-15(22)18-11(14(20)21)7-4-5-9-17-13(19)12-8-6-10-23-12/h6,8,10-11H,4-5,7,9H2,1-3H3,(H,17,19)(H,18,22)(H,20,21)/t11-/m0/s1. The van der Waals surface area contributed by atoms with E-state index in [-0.39, 0.29) is 18.1 Å². The van der Waals surface area contributed by atoms with Crippen LogP contribution in [0.3, 0.4) is 0 Å². The van der Waals surface area contributed by atoms with Crippen molar-refractivity contribution in [2.24, 2.45) is 0 Å². The topological polar surface area (TPSA) is 118 Å². The van der Waals surface area contributed by atoms with Crippen molar-refractivity contribution in [1.82, 2.24) is 10.6 Å². The zero-order chi connectivity index (χ0) is 18.2. The summed E-state index contributed by atoms with van der Waals surface area (Å²) in [6.45, 7) is 5.48. The first-order valence-corrected chi connectivity index (χ1v) is 7.73. The molecular formula is C16H24N2O6. The second kappa shape index (κ2) is 8.95. The largest absolute Gasteiger partial charge is 0.480 e. The summed E-state index contributed by atoms with van der Waals surface area (Å²) in [5.74, 6) is -1.22. The summed E-state index contributed by atoms with van der Waals surface area (Å²) in [6, 6.07) is 2.15. The molecule has 0 aliphatic carbocycles. The molecule has 0 fully saturated rings. The van der Waals surface area contributed by atoms with E-state index in [1.807, 2.05) is 0 Å². The zero-order valence-electron chi connectivity index (χ0n) is 14.1. The minimum atomic E-state index is -1.12. The Balaban J connectivity index is 2.27. The lowest BCUT2D eigenvalue weighted by Crippen LogP contribution is -2.43. The van der Waals surface area contributed by atoms with Gasteiger partial charge in [0, 0.05) is 6.54 Å². The molecule has 0 bridgehead atoms. The van der Waals surface area contributed by atoms with E-state index >= 15 is 0 Å². The van der Waals surface area contributed by atoms with E-state index in [1.165, 1.54) is 6.26 Å². The highest BCUT2D eigenvalue weighted by atomic mass is 16.6. The van der Waals surface area contributed by atoms with Crippen molar-refractivity contribution in [3.63, 3.8) is 0 Å². The lowest BCUT2D eigenvalue weighted by Gasteiger charge is -2.22. The average Bonchev–Trinajstić information content (AvgIpc) is 2.97. The van der Waals surface area contributed by atoms with E-state index in [0.29, 0.717) is 19.4 Å². The van der Waals surface area contributed by atoms with Crippen LogP contribution in [0.1, 0.15) is 50.6 Å². The van der Waals surface area contributed by atoms with Gasteiger partial charge in [0.15, 0.2) is 5.76 Å². The summed E-state index contributed by atoms with van der Waals surface area (Å²) in [4.78, 5) is 34.4. The molecule has 8 nitrogen and oxygen atoms in total. The number of ether oxygens (including phenoxy) is 1. The monoisotopic (exact) mass is 340 g/mol. The fourth-order valence-corrected chi connectivity index (χ4v) is 1.88. The van der Waals surface area contributed by atoms with E-state index < -0.39 is 23.7 Å². The van der Waals surface area contributed by atoms with Gasteiger partial charge >= 0.3 is 12.1 Å². The molecule has 0 saturated carbocycles. The fourth-order valence-electron chi connectivity index (χ4n) is 1.88. The number of carboxylic acids is 1. The first kappa shape index (κ1) is 19.5. The Hall–Kier alpha value is -2.51. The van der Waals surface area contributed by atoms with Crippen LogP contribution in [0.4, 0.5) is 4.79 Å². The number of alkyl carbamates (subject to hydrolysis) is 1. The maximum absolute atomic E-state index is 11.6. The van der Waals surface area contributed by atoms with E-state index in [9.17, 15) is 14.4 Å². The van der Waals surface area contributed by atoms with Gasteiger partial charge in [-0.2, -0.15) is 0 Å². The van der Waals surface area contributed by atoms with Gasteiger partial charge in [0.1, 0.15) is 11.6 Å². The van der Waals surface area contributed by atoms with Crippen LogP contribution in [0, 0.1) is 0 Å². The molecule has 0 aliphatic heterocycles. The molecule has 0 aromatic carbocycles. The lowest BCUT2D eigenvalue weighted by molar-refractivity contribution is -0.139. The van der Waals surface area contributed by atoms with Gasteiger partial charge in [0.25, 0.3) is 5.91 Å². The number of rotatable bonds is 8. The number of unbranched alkanes of at least 4 members (excludes halogenated alkanes) is 1. The Morgan fingerprint density at radius 2 is 2.00 bits per heavy atom. The summed E-state index contributed by atoms with van der Waals surface area (Å²) in [6.07, 6.45) is 1.98. The van der Waals surface area contributed by atoms with Gasteiger partial charge < -0.3 is 24.9 Å². The van der Waals surface area contributed by atoms with Crippen LogP contribution in [-0.4, -0.2) is 41.3 Å². The van der Waals surface area contributed by atoms with Crippen molar-refractivity contribution in [3.8, 4) is 0 Å². The van der Waals surface area contributed by atoms with Crippen LogP contribution in [0.2, 0.25) is 0 Å². The van der Waals surface area contributed by atoms with E-state index in [1.54, 1.807) is 32.9 Å². The second-order valence-corrected chi connectivity index (χ2v) is 6.27. The second-order valence-electron chi connectivity index (χ2n) is 6.27. The highest BCUT2D eigenvalue weighted by molar-refractivity contribution is 5.91. The number of hydrogen-bond donors (Lipinski definition) is 3. The molecule has 0 unspecified atom stereocenters. The lowest BCUT2D eigenvalue weighted by atomic mass is 10.1. The molecule has 0 saturated heterocycles. The summed E-state index contributed by atoms with van der Waals surface area (Å²) < 4.78 is 9.99. The van der Waals surface area contributed by atoms with Gasteiger partial charge in [0.2, 0.25) is 0 Å². The molecule has 3 N–H and O–H groups in total. The number of nitrogens with one attached hydrogen (secondary N) is 2. The number of furan rings is 1. The van der Waals surface area contributed by atoms with E-state index in [2.05, 4.69) is 10.6 Å². The van der Waals surface area contributed by atoms with Gasteiger partial charge in [0.05, 0.1) is 6.26 Å². The average molecular weight is 340 g/mol. The zero-order valence-corrected chi connectivity index (χ0v) is 14.1. The molecule has 1 rings (SSSR count). The summed E-state index contributed by atoms with van der Waals surface area (Å²) in [7, 11) is 0. The first-order chi connectivity index (χ1) is 11.2. The minimum absolute atomic E-state index is 0.227. The Bertz CT molecular complexity index is 547. The quantitative estimate of drug-likeness (QED) is 0.624. The number of aliphatic carboxylic acids is 1. The maximum atomic E-state index is 11.6. The summed E-state index contributed by atoms with van der Waals surface area (Å²) >= 11 is 0. The summed E-state index contributed by atoms with van der Waals surface area (Å²) in [5.41, 5.74) is -0.691. The number of carbonyl (C=O) groups is 3. The highest BCUT2D eigenvalue weighted by Gasteiger charge is 2.23.